The van der Waals surface area contributed by atoms with Crippen molar-refractivity contribution < 1.29 is 4.79 Å². The van der Waals surface area contributed by atoms with Crippen LogP contribution in [-0.4, -0.2) is 37.0 Å². The molecule has 1 spiro atoms. The summed E-state index contributed by atoms with van der Waals surface area (Å²) in [6, 6.07) is 15.1. The van der Waals surface area contributed by atoms with Crippen LogP contribution in [0, 0.1) is 5.41 Å². The highest BCUT2D eigenvalue weighted by Crippen LogP contribution is 2.36. The Morgan fingerprint density at radius 2 is 2.00 bits per heavy atom. The first kappa shape index (κ1) is 20.2. The standard InChI is InChI=1S/C21H24ClN3O.ClH/c22-18-6-4-17(5-7-18)20(26)24-19-3-1-2-16(12-19)13-25-11-9-21(15-25)8-10-23-14-21;/h1-7,12,23H,8-11,13-15H2,(H,24,26);1H. The SMILES string of the molecule is Cl.O=C(Nc1cccc(CN2CCC3(CCNC3)C2)c1)c1ccc(Cl)cc1. The van der Waals surface area contributed by atoms with Gasteiger partial charge in [0.2, 0.25) is 0 Å². The molecule has 0 saturated carbocycles. The number of carbonyl (C=O) groups excluding carboxylic acids is 1. The third-order valence-electron chi connectivity index (χ3n) is 5.55. The van der Waals surface area contributed by atoms with E-state index in [9.17, 15) is 4.79 Å². The number of amides is 1. The first-order chi connectivity index (χ1) is 12.6. The average Bonchev–Trinajstić information content (AvgIpc) is 3.25. The lowest BCUT2D eigenvalue weighted by molar-refractivity contribution is 0.102. The van der Waals surface area contributed by atoms with Crippen molar-refractivity contribution in [2.75, 3.05) is 31.5 Å². The minimum atomic E-state index is -0.115. The predicted molar refractivity (Wildman–Crippen MR) is 113 cm³/mol. The number of halogens is 2. The highest BCUT2D eigenvalue weighted by Gasteiger charge is 2.39. The Morgan fingerprint density at radius 1 is 1.19 bits per heavy atom. The van der Waals surface area contributed by atoms with E-state index in [2.05, 4.69) is 27.7 Å². The summed E-state index contributed by atoms with van der Waals surface area (Å²) in [6.07, 6.45) is 2.58. The van der Waals surface area contributed by atoms with Gasteiger partial charge in [-0.3, -0.25) is 9.69 Å². The Bertz CT molecular complexity index is 788. The molecule has 2 aliphatic heterocycles. The lowest BCUT2D eigenvalue weighted by Crippen LogP contribution is -2.28. The number of carbonyl (C=O) groups is 1. The molecule has 1 unspecified atom stereocenters. The highest BCUT2D eigenvalue weighted by molar-refractivity contribution is 6.30. The van der Waals surface area contributed by atoms with Gasteiger partial charge >= 0.3 is 0 Å². The van der Waals surface area contributed by atoms with Gasteiger partial charge in [0.05, 0.1) is 0 Å². The third-order valence-corrected chi connectivity index (χ3v) is 5.80. The molecule has 0 bridgehead atoms. The third kappa shape index (κ3) is 4.82. The van der Waals surface area contributed by atoms with Gasteiger partial charge in [-0.2, -0.15) is 0 Å². The van der Waals surface area contributed by atoms with Crippen LogP contribution >= 0.6 is 24.0 Å². The second kappa shape index (κ2) is 8.61. The van der Waals surface area contributed by atoms with Crippen LogP contribution in [0.2, 0.25) is 5.02 Å². The van der Waals surface area contributed by atoms with Crippen molar-refractivity contribution >= 4 is 35.6 Å². The fourth-order valence-electron chi connectivity index (χ4n) is 4.12. The van der Waals surface area contributed by atoms with E-state index in [1.54, 1.807) is 24.3 Å². The second-order valence-electron chi connectivity index (χ2n) is 7.55. The number of rotatable bonds is 4. The first-order valence-electron chi connectivity index (χ1n) is 9.21. The molecular formula is C21H25Cl2N3O. The Balaban J connectivity index is 0.00000210. The zero-order valence-electron chi connectivity index (χ0n) is 15.2. The lowest BCUT2D eigenvalue weighted by atomic mass is 9.86. The van der Waals surface area contributed by atoms with Gasteiger partial charge in [-0.15, -0.1) is 12.4 Å². The summed E-state index contributed by atoms with van der Waals surface area (Å²) in [7, 11) is 0. The molecule has 2 aliphatic rings. The maximum atomic E-state index is 12.4. The number of likely N-dealkylation sites (tertiary alicyclic amines) is 1. The van der Waals surface area contributed by atoms with E-state index in [0.29, 0.717) is 16.0 Å². The van der Waals surface area contributed by atoms with E-state index in [4.69, 9.17) is 11.6 Å². The molecule has 2 aromatic carbocycles. The van der Waals surface area contributed by atoms with Crippen molar-refractivity contribution in [1.82, 2.24) is 10.2 Å². The van der Waals surface area contributed by atoms with Gasteiger partial charge in [0, 0.05) is 35.9 Å². The predicted octanol–water partition coefficient (Wildman–Crippen LogP) is 4.20. The monoisotopic (exact) mass is 405 g/mol. The average molecular weight is 406 g/mol. The Hall–Kier alpha value is -1.59. The van der Waals surface area contributed by atoms with Crippen molar-refractivity contribution in [1.29, 1.82) is 0 Å². The summed E-state index contributed by atoms with van der Waals surface area (Å²) < 4.78 is 0. The number of hydrogen-bond donors (Lipinski definition) is 2. The number of nitrogens with zero attached hydrogens (tertiary/aromatic N) is 1. The fraction of sp³-hybridized carbons (Fsp3) is 0.381. The van der Waals surface area contributed by atoms with E-state index in [1.165, 1.54) is 24.9 Å². The minimum Gasteiger partial charge on any atom is -0.322 e. The molecule has 4 rings (SSSR count). The zero-order valence-corrected chi connectivity index (χ0v) is 16.8. The summed E-state index contributed by atoms with van der Waals surface area (Å²) in [4.78, 5) is 14.9. The number of benzene rings is 2. The van der Waals surface area contributed by atoms with Crippen molar-refractivity contribution in [2.45, 2.75) is 19.4 Å². The minimum absolute atomic E-state index is 0. The van der Waals surface area contributed by atoms with Crippen molar-refractivity contribution in [3.8, 4) is 0 Å². The van der Waals surface area contributed by atoms with Crippen LogP contribution in [0.15, 0.2) is 48.5 Å². The molecule has 4 nitrogen and oxygen atoms in total. The molecule has 1 amide bonds. The largest absolute Gasteiger partial charge is 0.322 e. The maximum Gasteiger partial charge on any atom is 0.255 e. The van der Waals surface area contributed by atoms with Crippen LogP contribution in [0.5, 0.6) is 0 Å². The Morgan fingerprint density at radius 3 is 2.74 bits per heavy atom. The van der Waals surface area contributed by atoms with Crippen LogP contribution in [-0.2, 0) is 6.54 Å². The van der Waals surface area contributed by atoms with E-state index in [-0.39, 0.29) is 18.3 Å². The Labute approximate surface area is 171 Å². The topological polar surface area (TPSA) is 44.4 Å². The van der Waals surface area contributed by atoms with Crippen molar-refractivity contribution in [3.05, 3.63) is 64.7 Å². The van der Waals surface area contributed by atoms with E-state index < -0.39 is 0 Å². The van der Waals surface area contributed by atoms with Crippen LogP contribution in [0.25, 0.3) is 0 Å². The Kier molecular flexibility index (Phi) is 6.43. The highest BCUT2D eigenvalue weighted by atomic mass is 35.5. The lowest BCUT2D eigenvalue weighted by Gasteiger charge is -2.23. The fourth-order valence-corrected chi connectivity index (χ4v) is 4.24. The van der Waals surface area contributed by atoms with Gasteiger partial charge in [0.15, 0.2) is 0 Å². The summed E-state index contributed by atoms with van der Waals surface area (Å²) in [5, 5.41) is 7.12. The molecule has 0 radical (unpaired) electrons. The first-order valence-corrected chi connectivity index (χ1v) is 9.59. The molecule has 2 saturated heterocycles. The van der Waals surface area contributed by atoms with Gasteiger partial charge in [-0.25, -0.2) is 0 Å². The molecule has 144 valence electrons. The van der Waals surface area contributed by atoms with Crippen LogP contribution in [0.3, 0.4) is 0 Å². The second-order valence-corrected chi connectivity index (χ2v) is 7.99. The number of anilines is 1. The van der Waals surface area contributed by atoms with E-state index >= 15 is 0 Å². The van der Waals surface area contributed by atoms with Gasteiger partial charge in [0.1, 0.15) is 0 Å². The molecule has 0 aliphatic carbocycles. The normalized spacial score (nSPS) is 22.0. The van der Waals surface area contributed by atoms with Gasteiger partial charge in [0.25, 0.3) is 5.91 Å². The molecule has 2 heterocycles. The number of hydrogen-bond acceptors (Lipinski definition) is 3. The molecule has 1 atom stereocenters. The van der Waals surface area contributed by atoms with Crippen LogP contribution in [0.1, 0.15) is 28.8 Å². The zero-order chi connectivity index (χ0) is 18.0. The maximum absolute atomic E-state index is 12.4. The number of nitrogens with one attached hydrogen (secondary N) is 2. The van der Waals surface area contributed by atoms with Gasteiger partial charge in [-0.05, 0) is 73.3 Å². The molecule has 2 aromatic rings. The molecule has 6 heteroatoms. The molecular weight excluding hydrogens is 381 g/mol. The van der Waals surface area contributed by atoms with E-state index in [0.717, 1.165) is 31.9 Å². The summed E-state index contributed by atoms with van der Waals surface area (Å²) in [5.41, 5.74) is 3.16. The smallest absolute Gasteiger partial charge is 0.255 e. The summed E-state index contributed by atoms with van der Waals surface area (Å²) in [5.74, 6) is -0.115. The van der Waals surface area contributed by atoms with Crippen LogP contribution < -0.4 is 10.6 Å². The van der Waals surface area contributed by atoms with Crippen molar-refractivity contribution in [3.63, 3.8) is 0 Å². The van der Waals surface area contributed by atoms with Gasteiger partial charge in [-0.1, -0.05) is 23.7 Å². The van der Waals surface area contributed by atoms with Gasteiger partial charge < -0.3 is 10.6 Å². The molecule has 2 fully saturated rings. The molecule has 27 heavy (non-hydrogen) atoms. The van der Waals surface area contributed by atoms with E-state index in [1.807, 2.05) is 12.1 Å². The molecule has 0 aromatic heterocycles. The summed E-state index contributed by atoms with van der Waals surface area (Å²) in [6.45, 7) is 5.57. The summed E-state index contributed by atoms with van der Waals surface area (Å²) >= 11 is 5.88. The molecule has 2 N–H and O–H groups in total. The quantitative estimate of drug-likeness (QED) is 0.800. The van der Waals surface area contributed by atoms with Crippen molar-refractivity contribution in [2.24, 2.45) is 5.41 Å². The van der Waals surface area contributed by atoms with Crippen LogP contribution in [0.4, 0.5) is 5.69 Å².